The van der Waals surface area contributed by atoms with E-state index in [0.717, 1.165) is 36.1 Å². The highest BCUT2D eigenvalue weighted by Crippen LogP contribution is 2.36. The summed E-state index contributed by atoms with van der Waals surface area (Å²) in [5, 5.41) is 1.01. The van der Waals surface area contributed by atoms with E-state index in [1.54, 1.807) is 10.6 Å². The monoisotopic (exact) mass is 363 g/mol. The van der Waals surface area contributed by atoms with Gasteiger partial charge in [-0.2, -0.15) is 0 Å². The van der Waals surface area contributed by atoms with Gasteiger partial charge in [0, 0.05) is 32.4 Å². The molecule has 1 aliphatic carbocycles. The zero-order valence-corrected chi connectivity index (χ0v) is 15.5. The Morgan fingerprint density at radius 2 is 2.16 bits per heavy atom. The van der Waals surface area contributed by atoms with Crippen LogP contribution in [0.1, 0.15) is 26.2 Å². The third-order valence-electron chi connectivity index (χ3n) is 5.65. The summed E-state index contributed by atoms with van der Waals surface area (Å²) < 4.78 is 26.8. The Balaban J connectivity index is 1.38. The van der Waals surface area contributed by atoms with Crippen molar-refractivity contribution in [3.05, 3.63) is 18.6 Å². The fourth-order valence-corrected chi connectivity index (χ4v) is 5.96. The molecule has 7 nitrogen and oxygen atoms in total. The van der Waals surface area contributed by atoms with Crippen LogP contribution in [0, 0.1) is 11.8 Å². The molecule has 8 heteroatoms. The van der Waals surface area contributed by atoms with Crippen molar-refractivity contribution in [1.82, 2.24) is 19.3 Å². The second kappa shape index (κ2) is 6.25. The molecule has 0 amide bonds. The van der Waals surface area contributed by atoms with E-state index < -0.39 is 10.0 Å². The number of anilines is 1. The Morgan fingerprint density at radius 1 is 1.36 bits per heavy atom. The molecule has 4 rings (SSSR count). The van der Waals surface area contributed by atoms with Crippen molar-refractivity contribution in [1.29, 1.82) is 0 Å². The lowest BCUT2D eigenvalue weighted by atomic mass is 9.81. The van der Waals surface area contributed by atoms with Crippen LogP contribution in [0.25, 0.3) is 11.0 Å². The van der Waals surface area contributed by atoms with Gasteiger partial charge in [0.1, 0.15) is 17.8 Å². The Labute approximate surface area is 148 Å². The number of hydrogen-bond donors (Lipinski definition) is 1. The number of fused-ring (bicyclic) bond motifs is 1. The average Bonchev–Trinajstić information content (AvgIpc) is 3.18. The summed E-state index contributed by atoms with van der Waals surface area (Å²) >= 11 is 0. The van der Waals surface area contributed by atoms with Crippen LogP contribution in [0.15, 0.2) is 18.6 Å². The molecule has 25 heavy (non-hydrogen) atoms. The second-order valence-corrected chi connectivity index (χ2v) is 9.58. The quantitative estimate of drug-likeness (QED) is 0.877. The number of sulfonamides is 1. The van der Waals surface area contributed by atoms with Gasteiger partial charge >= 0.3 is 0 Å². The summed E-state index contributed by atoms with van der Waals surface area (Å²) in [4.78, 5) is 13.9. The molecule has 3 heterocycles. The number of nitrogens with one attached hydrogen (secondary N) is 1. The first-order chi connectivity index (χ1) is 11.9. The van der Waals surface area contributed by atoms with E-state index in [1.165, 1.54) is 0 Å². The van der Waals surface area contributed by atoms with Gasteiger partial charge in [0.25, 0.3) is 0 Å². The van der Waals surface area contributed by atoms with E-state index in [0.29, 0.717) is 25.0 Å². The maximum atomic E-state index is 12.6. The van der Waals surface area contributed by atoms with Crippen LogP contribution >= 0.6 is 0 Å². The van der Waals surface area contributed by atoms with Crippen molar-refractivity contribution in [3.8, 4) is 0 Å². The minimum absolute atomic E-state index is 0.247. The van der Waals surface area contributed by atoms with Crippen molar-refractivity contribution >= 4 is 26.9 Å². The van der Waals surface area contributed by atoms with Crippen LogP contribution in [0.2, 0.25) is 0 Å². The lowest BCUT2D eigenvalue weighted by Gasteiger charge is -2.42. The van der Waals surface area contributed by atoms with Crippen molar-refractivity contribution in [2.24, 2.45) is 11.8 Å². The van der Waals surface area contributed by atoms with E-state index in [9.17, 15) is 8.42 Å². The molecule has 1 N–H and O–H groups in total. The fraction of sp³-hybridized carbons (Fsp3) is 0.647. The first-order valence-electron chi connectivity index (χ1n) is 8.93. The molecule has 0 aromatic carbocycles. The molecular weight excluding hydrogens is 338 g/mol. The van der Waals surface area contributed by atoms with E-state index >= 15 is 0 Å². The first-order valence-corrected chi connectivity index (χ1v) is 10.5. The molecule has 1 atom stereocenters. The number of aromatic amines is 1. The van der Waals surface area contributed by atoms with Crippen LogP contribution in [0.5, 0.6) is 0 Å². The van der Waals surface area contributed by atoms with Crippen molar-refractivity contribution in [2.75, 3.05) is 30.8 Å². The SMILES string of the molecule is CC1CCN(S(=O)(=O)C[C@H]2C[C@@H](N(C)c3ncnc4[nH]ccc34)C2)C1. The van der Waals surface area contributed by atoms with Gasteiger partial charge in [-0.3, -0.25) is 0 Å². The minimum atomic E-state index is -3.11. The van der Waals surface area contributed by atoms with E-state index in [4.69, 9.17) is 0 Å². The number of nitrogens with zero attached hydrogens (tertiary/aromatic N) is 4. The van der Waals surface area contributed by atoms with Crippen LogP contribution < -0.4 is 4.90 Å². The average molecular weight is 363 g/mol. The predicted molar refractivity (Wildman–Crippen MR) is 97.9 cm³/mol. The third-order valence-corrected chi connectivity index (χ3v) is 7.66. The molecule has 2 aromatic heterocycles. The summed E-state index contributed by atoms with van der Waals surface area (Å²) in [5.41, 5.74) is 0.832. The molecule has 1 aliphatic heterocycles. The van der Waals surface area contributed by atoms with Gasteiger partial charge in [-0.05, 0) is 37.2 Å². The Bertz CT molecular complexity index is 859. The highest BCUT2D eigenvalue weighted by atomic mass is 32.2. The van der Waals surface area contributed by atoms with Crippen molar-refractivity contribution in [2.45, 2.75) is 32.2 Å². The largest absolute Gasteiger partial charge is 0.356 e. The maximum Gasteiger partial charge on any atom is 0.214 e. The topological polar surface area (TPSA) is 82.2 Å². The summed E-state index contributed by atoms with van der Waals surface area (Å²) in [6.45, 7) is 3.49. The first kappa shape index (κ1) is 16.8. The van der Waals surface area contributed by atoms with Gasteiger partial charge in [-0.15, -0.1) is 0 Å². The predicted octanol–water partition coefficient (Wildman–Crippen LogP) is 1.84. The highest BCUT2D eigenvalue weighted by molar-refractivity contribution is 7.89. The molecule has 1 saturated heterocycles. The normalized spacial score (nSPS) is 27.5. The molecule has 136 valence electrons. The Kier molecular flexibility index (Phi) is 4.19. The zero-order valence-electron chi connectivity index (χ0n) is 14.7. The van der Waals surface area contributed by atoms with Gasteiger partial charge in [0.2, 0.25) is 10.0 Å². The molecule has 0 spiro atoms. The molecule has 2 aromatic rings. The maximum absolute atomic E-state index is 12.6. The number of hydrogen-bond acceptors (Lipinski definition) is 5. The number of aromatic nitrogens is 3. The van der Waals surface area contributed by atoms with Gasteiger partial charge in [-0.1, -0.05) is 6.92 Å². The second-order valence-electron chi connectivity index (χ2n) is 7.57. The molecule has 0 bridgehead atoms. The summed E-state index contributed by atoms with van der Waals surface area (Å²) in [6, 6.07) is 2.32. The number of rotatable bonds is 5. The smallest absolute Gasteiger partial charge is 0.214 e. The van der Waals surface area contributed by atoms with Gasteiger partial charge < -0.3 is 9.88 Å². The molecule has 0 radical (unpaired) electrons. The van der Waals surface area contributed by atoms with E-state index in [2.05, 4.69) is 26.8 Å². The number of H-pyrrole nitrogens is 1. The fourth-order valence-electron chi connectivity index (χ4n) is 4.02. The van der Waals surface area contributed by atoms with Crippen molar-refractivity contribution < 1.29 is 8.42 Å². The van der Waals surface area contributed by atoms with Crippen LogP contribution in [-0.4, -0.2) is 59.6 Å². The molecule has 2 aliphatic rings. The Morgan fingerprint density at radius 3 is 2.88 bits per heavy atom. The third kappa shape index (κ3) is 3.13. The molecule has 2 fully saturated rings. The molecule has 1 saturated carbocycles. The van der Waals surface area contributed by atoms with Crippen LogP contribution in [-0.2, 0) is 10.0 Å². The van der Waals surface area contributed by atoms with E-state index in [1.807, 2.05) is 19.3 Å². The summed E-state index contributed by atoms with van der Waals surface area (Å²) in [6.07, 6.45) is 6.21. The lowest BCUT2D eigenvalue weighted by molar-refractivity contribution is 0.278. The minimum Gasteiger partial charge on any atom is -0.356 e. The zero-order chi connectivity index (χ0) is 17.6. The molecular formula is C17H25N5O2S. The van der Waals surface area contributed by atoms with Gasteiger partial charge in [-0.25, -0.2) is 22.7 Å². The Hall–Kier alpha value is -1.67. The lowest BCUT2D eigenvalue weighted by Crippen LogP contribution is -2.46. The van der Waals surface area contributed by atoms with Crippen LogP contribution in [0.4, 0.5) is 5.82 Å². The van der Waals surface area contributed by atoms with E-state index in [-0.39, 0.29) is 11.7 Å². The highest BCUT2D eigenvalue weighted by Gasteiger charge is 2.38. The standard InChI is InChI=1S/C17H25N5O2S/c1-12-4-6-22(9-12)25(23,24)10-13-7-14(8-13)21(2)17-15-3-5-18-16(15)19-11-20-17/h3,5,11-14H,4,6-10H2,1-2H3,(H,18,19,20)/t12?,13-,14+. The van der Waals surface area contributed by atoms with Crippen LogP contribution in [0.3, 0.4) is 0 Å². The molecule has 1 unspecified atom stereocenters. The van der Waals surface area contributed by atoms with Gasteiger partial charge in [0.15, 0.2) is 0 Å². The summed E-state index contributed by atoms with van der Waals surface area (Å²) in [5.74, 6) is 1.92. The van der Waals surface area contributed by atoms with Gasteiger partial charge in [0.05, 0.1) is 11.1 Å². The summed E-state index contributed by atoms with van der Waals surface area (Å²) in [7, 11) is -1.07. The van der Waals surface area contributed by atoms with Crippen molar-refractivity contribution in [3.63, 3.8) is 0 Å².